The van der Waals surface area contributed by atoms with Crippen LogP contribution < -0.4 is 5.32 Å². The van der Waals surface area contributed by atoms with Crippen LogP contribution in [-0.4, -0.2) is 23.0 Å². The van der Waals surface area contributed by atoms with Crippen LogP contribution in [0.2, 0.25) is 5.02 Å². The van der Waals surface area contributed by atoms with Crippen LogP contribution in [0.4, 0.5) is 10.5 Å². The fraction of sp³-hybridized carbons (Fsp3) is 0.500. The third kappa shape index (κ3) is 2.07. The summed E-state index contributed by atoms with van der Waals surface area (Å²) in [6.45, 7) is 2.27. The first-order chi connectivity index (χ1) is 8.63. The Balaban J connectivity index is 1.64. The lowest BCUT2D eigenvalue weighted by Crippen LogP contribution is -2.63. The monoisotopic (exact) mass is 264 g/mol. The molecule has 2 aliphatic heterocycles. The second-order valence-electron chi connectivity index (χ2n) is 5.46. The lowest BCUT2D eigenvalue weighted by molar-refractivity contribution is -0.00600. The van der Waals surface area contributed by atoms with Crippen LogP contribution in [0, 0.1) is 5.92 Å². The number of urea groups is 1. The minimum Gasteiger partial charge on any atom is -0.318 e. The number of benzene rings is 1. The Hall–Kier alpha value is -1.22. The van der Waals surface area contributed by atoms with Gasteiger partial charge in [-0.25, -0.2) is 4.79 Å². The number of carbonyl (C=O) groups is 1. The van der Waals surface area contributed by atoms with E-state index in [0.29, 0.717) is 17.1 Å². The van der Waals surface area contributed by atoms with E-state index in [-0.39, 0.29) is 6.03 Å². The summed E-state index contributed by atoms with van der Waals surface area (Å²) in [6.07, 6.45) is 3.47. The van der Waals surface area contributed by atoms with Gasteiger partial charge in [-0.1, -0.05) is 18.5 Å². The van der Waals surface area contributed by atoms with Crippen molar-refractivity contribution < 1.29 is 4.79 Å². The van der Waals surface area contributed by atoms with Crippen LogP contribution >= 0.6 is 11.6 Å². The molecule has 2 unspecified atom stereocenters. The van der Waals surface area contributed by atoms with Gasteiger partial charge >= 0.3 is 6.03 Å². The van der Waals surface area contributed by atoms with Crippen molar-refractivity contribution >= 4 is 23.3 Å². The summed E-state index contributed by atoms with van der Waals surface area (Å²) in [4.78, 5) is 14.2. The van der Waals surface area contributed by atoms with Crippen LogP contribution in [0.25, 0.3) is 0 Å². The standard InChI is InChI=1S/C14H17ClN2O/c1-9-6-12-8-13(7-9)17(12)14(18)16-11-4-2-10(15)3-5-11/h2-5,9,12-13H,6-8H2,1H3,(H,16,18). The van der Waals surface area contributed by atoms with Crippen molar-refractivity contribution in [2.45, 2.75) is 38.3 Å². The largest absolute Gasteiger partial charge is 0.322 e. The molecular formula is C14H17ClN2O. The molecule has 96 valence electrons. The minimum absolute atomic E-state index is 0.0328. The van der Waals surface area contributed by atoms with Crippen LogP contribution in [-0.2, 0) is 0 Å². The van der Waals surface area contributed by atoms with Crippen molar-refractivity contribution in [1.82, 2.24) is 4.90 Å². The van der Waals surface area contributed by atoms with E-state index in [1.807, 2.05) is 17.0 Å². The molecule has 3 nitrogen and oxygen atoms in total. The molecule has 4 heteroatoms. The molecule has 3 aliphatic rings. The number of carbonyl (C=O) groups excluding carboxylic acids is 1. The molecule has 1 aliphatic carbocycles. The first-order valence-corrected chi connectivity index (χ1v) is 6.86. The Morgan fingerprint density at radius 3 is 2.44 bits per heavy atom. The average Bonchev–Trinajstić information content (AvgIpc) is 2.31. The molecule has 2 bridgehead atoms. The molecule has 0 radical (unpaired) electrons. The first-order valence-electron chi connectivity index (χ1n) is 6.48. The Kier molecular flexibility index (Phi) is 2.94. The highest BCUT2D eigenvalue weighted by Crippen LogP contribution is 2.41. The van der Waals surface area contributed by atoms with Crippen molar-refractivity contribution in [2.24, 2.45) is 5.92 Å². The molecule has 0 spiro atoms. The van der Waals surface area contributed by atoms with Gasteiger partial charge in [-0.15, -0.1) is 0 Å². The van der Waals surface area contributed by atoms with E-state index < -0.39 is 0 Å². The molecule has 4 rings (SSSR count). The molecule has 1 aromatic carbocycles. The van der Waals surface area contributed by atoms with Crippen LogP contribution in [0.3, 0.4) is 0 Å². The number of halogens is 1. The van der Waals surface area contributed by atoms with Crippen molar-refractivity contribution in [3.05, 3.63) is 29.3 Å². The SMILES string of the molecule is CC1CC2CC(C1)N2C(=O)Nc1ccc(Cl)cc1. The van der Waals surface area contributed by atoms with E-state index in [1.54, 1.807) is 12.1 Å². The predicted octanol–water partition coefficient (Wildman–Crippen LogP) is 3.74. The molecule has 3 fully saturated rings. The van der Waals surface area contributed by atoms with Crippen LogP contribution in [0.5, 0.6) is 0 Å². The van der Waals surface area contributed by atoms with Gasteiger partial charge in [0.05, 0.1) is 0 Å². The number of hydrogen-bond donors (Lipinski definition) is 1. The molecule has 0 aromatic heterocycles. The molecule has 2 amide bonds. The second-order valence-corrected chi connectivity index (χ2v) is 5.90. The van der Waals surface area contributed by atoms with Crippen molar-refractivity contribution in [3.8, 4) is 0 Å². The first kappa shape index (κ1) is 11.8. The number of hydrogen-bond acceptors (Lipinski definition) is 1. The molecule has 1 N–H and O–H groups in total. The Morgan fingerprint density at radius 2 is 1.83 bits per heavy atom. The number of nitrogens with zero attached hydrogens (tertiary/aromatic N) is 1. The number of rotatable bonds is 1. The molecule has 2 atom stereocenters. The highest BCUT2D eigenvalue weighted by molar-refractivity contribution is 6.30. The lowest BCUT2D eigenvalue weighted by Gasteiger charge is -2.54. The maximum Gasteiger partial charge on any atom is 0.322 e. The van der Waals surface area contributed by atoms with E-state index in [1.165, 1.54) is 6.42 Å². The summed E-state index contributed by atoms with van der Waals surface area (Å²) in [6, 6.07) is 8.17. The summed E-state index contributed by atoms with van der Waals surface area (Å²) < 4.78 is 0. The van der Waals surface area contributed by atoms with E-state index in [9.17, 15) is 4.79 Å². The summed E-state index contributed by atoms with van der Waals surface area (Å²) in [7, 11) is 0. The maximum absolute atomic E-state index is 12.2. The highest BCUT2D eigenvalue weighted by Gasteiger charge is 2.46. The van der Waals surface area contributed by atoms with Gasteiger partial charge in [-0.2, -0.15) is 0 Å². The Morgan fingerprint density at radius 1 is 1.22 bits per heavy atom. The quantitative estimate of drug-likeness (QED) is 0.823. The summed E-state index contributed by atoms with van der Waals surface area (Å²) in [5.74, 6) is 0.758. The van der Waals surface area contributed by atoms with Crippen molar-refractivity contribution in [1.29, 1.82) is 0 Å². The summed E-state index contributed by atoms with van der Waals surface area (Å²) in [5.41, 5.74) is 0.808. The van der Waals surface area contributed by atoms with Gasteiger partial charge in [-0.3, -0.25) is 0 Å². The summed E-state index contributed by atoms with van der Waals surface area (Å²) in [5, 5.41) is 3.63. The van der Waals surface area contributed by atoms with E-state index in [0.717, 1.165) is 24.4 Å². The fourth-order valence-electron chi connectivity index (χ4n) is 3.20. The van der Waals surface area contributed by atoms with Gasteiger partial charge in [0.25, 0.3) is 0 Å². The molecule has 1 aromatic rings. The zero-order chi connectivity index (χ0) is 12.7. The fourth-order valence-corrected chi connectivity index (χ4v) is 3.32. The second kappa shape index (κ2) is 4.47. The average molecular weight is 265 g/mol. The molecular weight excluding hydrogens is 248 g/mol. The zero-order valence-electron chi connectivity index (χ0n) is 10.4. The van der Waals surface area contributed by atoms with Gasteiger partial charge in [0.2, 0.25) is 0 Å². The van der Waals surface area contributed by atoms with Crippen molar-refractivity contribution in [3.63, 3.8) is 0 Å². The van der Waals surface area contributed by atoms with Gasteiger partial charge in [0.15, 0.2) is 0 Å². The normalized spacial score (nSPS) is 29.7. The smallest absolute Gasteiger partial charge is 0.318 e. The minimum atomic E-state index is 0.0328. The number of nitrogens with one attached hydrogen (secondary N) is 1. The maximum atomic E-state index is 12.2. The number of amides is 2. The van der Waals surface area contributed by atoms with Crippen LogP contribution in [0.15, 0.2) is 24.3 Å². The van der Waals surface area contributed by atoms with E-state index in [4.69, 9.17) is 11.6 Å². The van der Waals surface area contributed by atoms with Gasteiger partial charge in [0.1, 0.15) is 0 Å². The highest BCUT2D eigenvalue weighted by atomic mass is 35.5. The van der Waals surface area contributed by atoms with Crippen molar-refractivity contribution in [2.75, 3.05) is 5.32 Å². The third-order valence-electron chi connectivity index (χ3n) is 4.01. The van der Waals surface area contributed by atoms with Gasteiger partial charge in [0, 0.05) is 22.8 Å². The molecule has 2 heterocycles. The van der Waals surface area contributed by atoms with E-state index >= 15 is 0 Å². The lowest BCUT2D eigenvalue weighted by atomic mass is 9.74. The Bertz CT molecular complexity index is 447. The van der Waals surface area contributed by atoms with E-state index in [2.05, 4.69) is 12.2 Å². The van der Waals surface area contributed by atoms with Crippen LogP contribution in [0.1, 0.15) is 26.2 Å². The van der Waals surface area contributed by atoms with Gasteiger partial charge < -0.3 is 10.2 Å². The topological polar surface area (TPSA) is 32.3 Å². The zero-order valence-corrected chi connectivity index (χ0v) is 11.2. The van der Waals surface area contributed by atoms with Gasteiger partial charge in [-0.05, 0) is 49.4 Å². The number of anilines is 1. The summed E-state index contributed by atoms with van der Waals surface area (Å²) >= 11 is 5.82. The Labute approximate surface area is 112 Å². The molecule has 1 saturated carbocycles. The third-order valence-corrected chi connectivity index (χ3v) is 4.26. The number of piperidine rings is 1. The molecule has 18 heavy (non-hydrogen) atoms. The predicted molar refractivity (Wildman–Crippen MR) is 72.9 cm³/mol. The number of fused-ring (bicyclic) bond motifs is 2. The molecule has 2 saturated heterocycles.